The minimum Gasteiger partial charge on any atom is -0.296 e. The number of hydrogen-bond acceptors (Lipinski definition) is 3. The third-order valence-electron chi connectivity index (χ3n) is 3.32. The number of halogens is 1. The standard InChI is InChI=1S/C14H14BrN3OS/c15-11-3-1-10(2-4-11)8-18-13(5-6-16-18)17-9-12(20)7-14(17)19/h1-6,12,20H,7-9H2. The number of carbonyl (C=O) groups excluding carboxylic acids is 1. The maximum atomic E-state index is 12.0. The van der Waals surface area contributed by atoms with E-state index in [0.717, 1.165) is 15.9 Å². The van der Waals surface area contributed by atoms with E-state index >= 15 is 0 Å². The van der Waals surface area contributed by atoms with Gasteiger partial charge in [0.1, 0.15) is 5.82 Å². The van der Waals surface area contributed by atoms with Crippen LogP contribution in [-0.4, -0.2) is 27.5 Å². The first-order valence-electron chi connectivity index (χ1n) is 6.38. The summed E-state index contributed by atoms with van der Waals surface area (Å²) in [5, 5.41) is 4.43. The van der Waals surface area contributed by atoms with Crippen LogP contribution >= 0.6 is 28.6 Å². The summed E-state index contributed by atoms with van der Waals surface area (Å²) in [7, 11) is 0. The fourth-order valence-corrected chi connectivity index (χ4v) is 2.93. The van der Waals surface area contributed by atoms with E-state index in [0.29, 0.717) is 19.5 Å². The number of thiol groups is 1. The molecule has 1 aliphatic heterocycles. The van der Waals surface area contributed by atoms with Crippen molar-refractivity contribution < 1.29 is 4.79 Å². The summed E-state index contributed by atoms with van der Waals surface area (Å²) in [6.07, 6.45) is 2.22. The first kappa shape index (κ1) is 13.7. The van der Waals surface area contributed by atoms with E-state index < -0.39 is 0 Å². The van der Waals surface area contributed by atoms with Crippen LogP contribution < -0.4 is 4.90 Å². The molecule has 0 saturated carbocycles. The predicted octanol–water partition coefficient (Wildman–Crippen LogP) is 2.73. The Morgan fingerprint density at radius 1 is 1.30 bits per heavy atom. The topological polar surface area (TPSA) is 38.1 Å². The Labute approximate surface area is 131 Å². The molecular formula is C14H14BrN3OS. The number of rotatable bonds is 3. The second-order valence-corrected chi connectivity index (χ2v) is 6.48. The summed E-state index contributed by atoms with van der Waals surface area (Å²) < 4.78 is 2.90. The Balaban J connectivity index is 1.83. The van der Waals surface area contributed by atoms with Crippen molar-refractivity contribution in [3.63, 3.8) is 0 Å². The first-order chi connectivity index (χ1) is 9.63. The molecule has 1 fully saturated rings. The zero-order chi connectivity index (χ0) is 14.1. The van der Waals surface area contributed by atoms with Gasteiger partial charge in [-0.15, -0.1) is 0 Å². The molecule has 6 heteroatoms. The number of nitrogens with zero attached hydrogens (tertiary/aromatic N) is 3. The highest BCUT2D eigenvalue weighted by Crippen LogP contribution is 2.24. The molecule has 0 aliphatic carbocycles. The number of amides is 1. The average Bonchev–Trinajstić information content (AvgIpc) is 2.98. The quantitative estimate of drug-likeness (QED) is 0.863. The van der Waals surface area contributed by atoms with Crippen LogP contribution in [-0.2, 0) is 11.3 Å². The molecule has 1 aromatic heterocycles. The van der Waals surface area contributed by atoms with Gasteiger partial charge in [0.15, 0.2) is 0 Å². The Hall–Kier alpha value is -1.27. The molecule has 2 aromatic rings. The van der Waals surface area contributed by atoms with Crippen LogP contribution in [0.4, 0.5) is 5.82 Å². The summed E-state index contributed by atoms with van der Waals surface area (Å²) in [6, 6.07) is 9.97. The average molecular weight is 352 g/mol. The number of hydrogen-bond donors (Lipinski definition) is 1. The van der Waals surface area contributed by atoms with E-state index in [1.807, 2.05) is 35.0 Å². The van der Waals surface area contributed by atoms with Gasteiger partial charge in [-0.1, -0.05) is 28.1 Å². The first-order valence-corrected chi connectivity index (χ1v) is 7.69. The molecule has 1 atom stereocenters. The van der Waals surface area contributed by atoms with Gasteiger partial charge in [-0.3, -0.25) is 9.69 Å². The van der Waals surface area contributed by atoms with Crippen LogP contribution in [0.5, 0.6) is 0 Å². The van der Waals surface area contributed by atoms with E-state index in [1.54, 1.807) is 11.1 Å². The largest absolute Gasteiger partial charge is 0.296 e. The van der Waals surface area contributed by atoms with Gasteiger partial charge < -0.3 is 0 Å². The number of aromatic nitrogens is 2. The summed E-state index contributed by atoms with van der Waals surface area (Å²) in [4.78, 5) is 13.7. The smallest absolute Gasteiger partial charge is 0.229 e. The van der Waals surface area contributed by atoms with Gasteiger partial charge >= 0.3 is 0 Å². The summed E-state index contributed by atoms with van der Waals surface area (Å²) in [6.45, 7) is 1.30. The molecule has 1 unspecified atom stereocenters. The van der Waals surface area contributed by atoms with Crippen molar-refractivity contribution in [3.05, 3.63) is 46.6 Å². The second-order valence-electron chi connectivity index (χ2n) is 4.84. The highest BCUT2D eigenvalue weighted by Gasteiger charge is 2.30. The molecular weight excluding hydrogens is 338 g/mol. The van der Waals surface area contributed by atoms with Gasteiger partial charge in [0, 0.05) is 28.8 Å². The SMILES string of the molecule is O=C1CC(S)CN1c1ccnn1Cc1ccc(Br)cc1. The van der Waals surface area contributed by atoms with Crippen molar-refractivity contribution in [3.8, 4) is 0 Å². The second kappa shape index (κ2) is 5.61. The van der Waals surface area contributed by atoms with Crippen molar-refractivity contribution in [2.45, 2.75) is 18.2 Å². The molecule has 2 heterocycles. The molecule has 1 saturated heterocycles. The van der Waals surface area contributed by atoms with Crippen LogP contribution in [0.3, 0.4) is 0 Å². The fraction of sp³-hybridized carbons (Fsp3) is 0.286. The summed E-state index contributed by atoms with van der Waals surface area (Å²) in [5.74, 6) is 0.956. The number of anilines is 1. The van der Waals surface area contributed by atoms with E-state index in [2.05, 4.69) is 33.7 Å². The van der Waals surface area contributed by atoms with Crippen LogP contribution in [0.15, 0.2) is 41.0 Å². The maximum Gasteiger partial charge on any atom is 0.229 e. The van der Waals surface area contributed by atoms with Gasteiger partial charge in [-0.2, -0.15) is 17.7 Å². The van der Waals surface area contributed by atoms with Gasteiger partial charge in [0.25, 0.3) is 0 Å². The van der Waals surface area contributed by atoms with E-state index in [1.165, 1.54) is 0 Å². The molecule has 1 aromatic carbocycles. The third kappa shape index (κ3) is 2.76. The minimum absolute atomic E-state index is 0.110. The molecule has 104 valence electrons. The van der Waals surface area contributed by atoms with Crippen molar-refractivity contribution >= 4 is 40.3 Å². The van der Waals surface area contributed by atoms with Gasteiger partial charge in [-0.05, 0) is 17.7 Å². The lowest BCUT2D eigenvalue weighted by atomic mass is 10.2. The normalized spacial score (nSPS) is 18.8. The Kier molecular flexibility index (Phi) is 3.85. The van der Waals surface area contributed by atoms with Gasteiger partial charge in [-0.25, -0.2) is 4.68 Å². The number of carbonyl (C=O) groups is 1. The van der Waals surface area contributed by atoms with Crippen LogP contribution in [0.1, 0.15) is 12.0 Å². The lowest BCUT2D eigenvalue weighted by Crippen LogP contribution is -2.27. The van der Waals surface area contributed by atoms with Gasteiger partial charge in [0.2, 0.25) is 5.91 Å². The minimum atomic E-state index is 0.110. The highest BCUT2D eigenvalue weighted by atomic mass is 79.9. The van der Waals surface area contributed by atoms with Crippen molar-refractivity contribution in [2.75, 3.05) is 11.4 Å². The highest BCUT2D eigenvalue weighted by molar-refractivity contribution is 9.10. The summed E-state index contributed by atoms with van der Waals surface area (Å²) >= 11 is 7.81. The number of benzene rings is 1. The van der Waals surface area contributed by atoms with Gasteiger partial charge in [0.05, 0.1) is 12.7 Å². The van der Waals surface area contributed by atoms with Crippen molar-refractivity contribution in [1.82, 2.24) is 9.78 Å². The Morgan fingerprint density at radius 2 is 2.05 bits per heavy atom. The van der Waals surface area contributed by atoms with Crippen LogP contribution in [0.2, 0.25) is 0 Å². The lowest BCUT2D eigenvalue weighted by Gasteiger charge is -2.17. The molecule has 20 heavy (non-hydrogen) atoms. The molecule has 0 spiro atoms. The van der Waals surface area contributed by atoms with Crippen molar-refractivity contribution in [1.29, 1.82) is 0 Å². The van der Waals surface area contributed by atoms with Crippen molar-refractivity contribution in [2.24, 2.45) is 0 Å². The third-order valence-corrected chi connectivity index (χ3v) is 4.20. The molecule has 1 amide bonds. The van der Waals surface area contributed by atoms with Crippen LogP contribution in [0.25, 0.3) is 0 Å². The van der Waals surface area contributed by atoms with E-state index in [4.69, 9.17) is 0 Å². The monoisotopic (exact) mass is 351 g/mol. The molecule has 0 radical (unpaired) electrons. The maximum absolute atomic E-state index is 12.0. The van der Waals surface area contributed by atoms with E-state index in [-0.39, 0.29) is 11.2 Å². The van der Waals surface area contributed by atoms with Crippen LogP contribution in [0, 0.1) is 0 Å². The lowest BCUT2D eigenvalue weighted by molar-refractivity contribution is -0.117. The predicted molar refractivity (Wildman–Crippen MR) is 85.2 cm³/mol. The fourth-order valence-electron chi connectivity index (χ4n) is 2.35. The Morgan fingerprint density at radius 3 is 2.70 bits per heavy atom. The Bertz CT molecular complexity index is 626. The zero-order valence-electron chi connectivity index (χ0n) is 10.7. The van der Waals surface area contributed by atoms with E-state index in [9.17, 15) is 4.79 Å². The zero-order valence-corrected chi connectivity index (χ0v) is 13.2. The summed E-state index contributed by atoms with van der Waals surface area (Å²) in [5.41, 5.74) is 1.15. The molecule has 0 N–H and O–H groups in total. The molecule has 1 aliphatic rings. The molecule has 0 bridgehead atoms. The molecule has 4 nitrogen and oxygen atoms in total. The molecule has 3 rings (SSSR count).